The Morgan fingerprint density at radius 1 is 1.23 bits per heavy atom. The van der Waals surface area contributed by atoms with Crippen LogP contribution in [0.1, 0.15) is 35.8 Å². The van der Waals surface area contributed by atoms with Gasteiger partial charge in [-0.2, -0.15) is 0 Å². The van der Waals surface area contributed by atoms with Gasteiger partial charge in [0.05, 0.1) is 11.3 Å². The van der Waals surface area contributed by atoms with E-state index >= 15 is 0 Å². The number of carbonyl (C=O) groups is 2. The molecule has 0 aliphatic heterocycles. The van der Waals surface area contributed by atoms with Crippen LogP contribution < -0.4 is 5.32 Å². The molecule has 6 nitrogen and oxygen atoms in total. The number of para-hydroxylation sites is 1. The first-order valence-corrected chi connectivity index (χ1v) is 10.3. The number of thioether (sulfide) groups is 1. The second kappa shape index (κ2) is 7.20. The van der Waals surface area contributed by atoms with Gasteiger partial charge in [0.25, 0.3) is 0 Å². The van der Waals surface area contributed by atoms with E-state index in [1.807, 2.05) is 22.8 Å². The molecule has 0 spiro atoms. The van der Waals surface area contributed by atoms with Gasteiger partial charge in [-0.05, 0) is 37.3 Å². The summed E-state index contributed by atoms with van der Waals surface area (Å²) in [7, 11) is 0. The molecule has 26 heavy (non-hydrogen) atoms. The Hall–Kier alpha value is -2.19. The molecule has 0 atom stereocenters. The van der Waals surface area contributed by atoms with Crippen LogP contribution in [0.5, 0.6) is 0 Å². The molecular formula is C18H18N4O2S2. The van der Waals surface area contributed by atoms with Gasteiger partial charge in [-0.3, -0.25) is 14.2 Å². The molecule has 1 aliphatic rings. The van der Waals surface area contributed by atoms with E-state index in [-0.39, 0.29) is 11.8 Å². The first-order valence-electron chi connectivity index (χ1n) is 8.52. The summed E-state index contributed by atoms with van der Waals surface area (Å²) in [4.78, 5) is 24.0. The third-order valence-corrected chi connectivity index (χ3v) is 6.39. The van der Waals surface area contributed by atoms with Gasteiger partial charge in [-0.15, -0.1) is 10.2 Å². The molecule has 0 bridgehead atoms. The number of rotatable bonds is 4. The average Bonchev–Trinajstić information content (AvgIpc) is 3.21. The summed E-state index contributed by atoms with van der Waals surface area (Å²) in [6.45, 7) is 1.43. The monoisotopic (exact) mass is 386 g/mol. The quantitative estimate of drug-likeness (QED) is 0.546. The number of carbonyl (C=O) groups excluding carboxylic acids is 2. The number of hydrogen-bond acceptors (Lipinski definition) is 6. The standard InChI is InChI=1S/C18H18N4O2S2/c1-11(23)19-17-20-21-18(26-17)25-10-16(24)22-14-8-4-2-6-12(14)13-7-3-5-9-15(13)22/h2,4,6,8H,3,5,7,9-10H2,1H3,(H,19,20,23). The highest BCUT2D eigenvalue weighted by molar-refractivity contribution is 8.01. The number of nitrogens with zero attached hydrogens (tertiary/aromatic N) is 3. The summed E-state index contributed by atoms with van der Waals surface area (Å²) in [5.41, 5.74) is 3.49. The van der Waals surface area contributed by atoms with Crippen molar-refractivity contribution >= 4 is 50.9 Å². The molecule has 0 saturated heterocycles. The van der Waals surface area contributed by atoms with Gasteiger partial charge in [0.2, 0.25) is 16.9 Å². The van der Waals surface area contributed by atoms with Crippen molar-refractivity contribution in [3.05, 3.63) is 35.5 Å². The number of hydrogen-bond donors (Lipinski definition) is 1. The topological polar surface area (TPSA) is 76.9 Å². The molecule has 3 aromatic rings. The van der Waals surface area contributed by atoms with E-state index in [0.29, 0.717) is 15.2 Å². The van der Waals surface area contributed by atoms with E-state index in [1.165, 1.54) is 53.1 Å². The Labute approximate surface area is 159 Å². The van der Waals surface area contributed by atoms with Crippen LogP contribution in [-0.2, 0) is 17.6 Å². The fourth-order valence-corrected chi connectivity index (χ4v) is 5.08. The van der Waals surface area contributed by atoms with Crippen LogP contribution in [0.15, 0.2) is 28.6 Å². The number of aryl methyl sites for hydroxylation is 1. The number of benzene rings is 1. The molecule has 4 rings (SSSR count). The van der Waals surface area contributed by atoms with Crippen molar-refractivity contribution in [1.29, 1.82) is 0 Å². The molecule has 0 fully saturated rings. The summed E-state index contributed by atoms with van der Waals surface area (Å²) in [6.07, 6.45) is 4.30. The Morgan fingerprint density at radius 2 is 2.04 bits per heavy atom. The third kappa shape index (κ3) is 3.26. The van der Waals surface area contributed by atoms with Gasteiger partial charge in [-0.25, -0.2) is 0 Å². The van der Waals surface area contributed by atoms with Crippen molar-refractivity contribution in [2.24, 2.45) is 0 Å². The molecule has 1 amide bonds. The fourth-order valence-electron chi connectivity index (χ4n) is 3.44. The van der Waals surface area contributed by atoms with Crippen molar-refractivity contribution in [3.8, 4) is 0 Å². The Morgan fingerprint density at radius 3 is 2.88 bits per heavy atom. The largest absolute Gasteiger partial charge is 0.301 e. The zero-order valence-corrected chi connectivity index (χ0v) is 16.0. The number of nitrogens with one attached hydrogen (secondary N) is 1. The minimum atomic E-state index is -0.181. The molecule has 0 radical (unpaired) electrons. The van der Waals surface area contributed by atoms with Crippen LogP contribution in [-0.4, -0.2) is 32.3 Å². The van der Waals surface area contributed by atoms with Gasteiger partial charge in [0.15, 0.2) is 4.34 Å². The molecule has 0 saturated carbocycles. The first kappa shape index (κ1) is 17.2. The third-order valence-electron chi connectivity index (χ3n) is 4.44. The highest BCUT2D eigenvalue weighted by Crippen LogP contribution is 2.33. The van der Waals surface area contributed by atoms with Gasteiger partial charge >= 0.3 is 0 Å². The predicted molar refractivity (Wildman–Crippen MR) is 104 cm³/mol. The lowest BCUT2D eigenvalue weighted by Gasteiger charge is -2.14. The fraction of sp³-hybridized carbons (Fsp3) is 0.333. The smallest absolute Gasteiger partial charge is 0.241 e. The van der Waals surface area contributed by atoms with Crippen LogP contribution >= 0.6 is 23.1 Å². The highest BCUT2D eigenvalue weighted by Gasteiger charge is 2.23. The van der Waals surface area contributed by atoms with Crippen LogP contribution in [0.3, 0.4) is 0 Å². The van der Waals surface area contributed by atoms with E-state index in [4.69, 9.17) is 0 Å². The van der Waals surface area contributed by atoms with Crippen LogP contribution in [0, 0.1) is 0 Å². The number of fused-ring (bicyclic) bond motifs is 3. The van der Waals surface area contributed by atoms with Gasteiger partial charge in [0, 0.05) is 18.0 Å². The summed E-state index contributed by atoms with van der Waals surface area (Å²) < 4.78 is 2.57. The average molecular weight is 387 g/mol. The summed E-state index contributed by atoms with van der Waals surface area (Å²) in [5.74, 6) is 0.171. The van der Waals surface area contributed by atoms with E-state index < -0.39 is 0 Å². The minimum Gasteiger partial charge on any atom is -0.301 e. The molecule has 2 aromatic heterocycles. The first-order chi connectivity index (χ1) is 12.6. The molecule has 1 aromatic carbocycles. The van der Waals surface area contributed by atoms with Crippen molar-refractivity contribution in [2.75, 3.05) is 11.1 Å². The van der Waals surface area contributed by atoms with E-state index in [1.54, 1.807) is 0 Å². The highest BCUT2D eigenvalue weighted by atomic mass is 32.2. The lowest BCUT2D eigenvalue weighted by molar-refractivity contribution is -0.114. The van der Waals surface area contributed by atoms with Crippen molar-refractivity contribution < 1.29 is 9.59 Å². The van der Waals surface area contributed by atoms with E-state index in [2.05, 4.69) is 21.6 Å². The molecule has 0 unspecified atom stereocenters. The predicted octanol–water partition coefficient (Wildman–Crippen LogP) is 3.76. The Kier molecular flexibility index (Phi) is 4.78. The molecule has 2 heterocycles. The second-order valence-corrected chi connectivity index (χ2v) is 8.42. The number of anilines is 1. The van der Waals surface area contributed by atoms with Gasteiger partial charge < -0.3 is 5.32 Å². The lowest BCUT2D eigenvalue weighted by atomic mass is 9.96. The maximum Gasteiger partial charge on any atom is 0.241 e. The lowest BCUT2D eigenvalue weighted by Crippen LogP contribution is -2.18. The summed E-state index contributed by atoms with van der Waals surface area (Å²) in [6, 6.07) is 8.15. The van der Waals surface area contributed by atoms with E-state index in [0.717, 1.165) is 24.8 Å². The zero-order chi connectivity index (χ0) is 18.1. The van der Waals surface area contributed by atoms with Crippen molar-refractivity contribution in [1.82, 2.24) is 14.8 Å². The zero-order valence-electron chi connectivity index (χ0n) is 14.3. The van der Waals surface area contributed by atoms with Gasteiger partial charge in [-0.1, -0.05) is 41.3 Å². The summed E-state index contributed by atoms with van der Waals surface area (Å²) >= 11 is 2.64. The molecule has 134 valence electrons. The molecule has 8 heteroatoms. The van der Waals surface area contributed by atoms with Crippen LogP contribution in [0.4, 0.5) is 5.13 Å². The number of amides is 1. The van der Waals surface area contributed by atoms with Crippen molar-refractivity contribution in [3.63, 3.8) is 0 Å². The maximum absolute atomic E-state index is 13.0. The number of aromatic nitrogens is 3. The molecular weight excluding hydrogens is 368 g/mol. The second-order valence-electron chi connectivity index (χ2n) is 6.22. The van der Waals surface area contributed by atoms with E-state index in [9.17, 15) is 9.59 Å². The minimum absolute atomic E-state index is 0.0608. The SMILES string of the molecule is CC(=O)Nc1nnc(SCC(=O)n2c3c(c4ccccc42)CCCC3)s1. The van der Waals surface area contributed by atoms with Crippen molar-refractivity contribution in [2.45, 2.75) is 36.9 Å². The Balaban J connectivity index is 1.57. The van der Waals surface area contributed by atoms with Crippen LogP contribution in [0.25, 0.3) is 10.9 Å². The molecule has 1 N–H and O–H groups in total. The molecule has 1 aliphatic carbocycles. The van der Waals surface area contributed by atoms with Crippen LogP contribution in [0.2, 0.25) is 0 Å². The normalized spacial score (nSPS) is 13.6. The Bertz CT molecular complexity index is 992. The maximum atomic E-state index is 13.0. The van der Waals surface area contributed by atoms with Gasteiger partial charge in [0.1, 0.15) is 0 Å². The summed E-state index contributed by atoms with van der Waals surface area (Å²) in [5, 5.41) is 12.2.